The molecule has 2 aromatic rings. The van der Waals surface area contributed by atoms with Crippen molar-refractivity contribution in [1.29, 1.82) is 0 Å². The molecule has 1 unspecified atom stereocenters. The molecule has 5 nitrogen and oxygen atoms in total. The van der Waals surface area contributed by atoms with Crippen molar-refractivity contribution in [1.82, 2.24) is 9.97 Å². The lowest BCUT2D eigenvalue weighted by Gasteiger charge is -2.19. The third-order valence-electron chi connectivity index (χ3n) is 4.31. The highest BCUT2D eigenvalue weighted by atomic mass is 16.5. The lowest BCUT2D eigenvalue weighted by atomic mass is 9.94. The number of benzene rings is 1. The van der Waals surface area contributed by atoms with Crippen LogP contribution in [0, 0.1) is 19.8 Å². The molecule has 1 fully saturated rings. The van der Waals surface area contributed by atoms with Gasteiger partial charge >= 0.3 is 0 Å². The van der Waals surface area contributed by atoms with Gasteiger partial charge in [0.25, 0.3) is 0 Å². The summed E-state index contributed by atoms with van der Waals surface area (Å²) in [5.41, 5.74) is 7.07. The van der Waals surface area contributed by atoms with Crippen LogP contribution in [0.15, 0.2) is 36.5 Å². The molecule has 2 N–H and O–H groups in total. The number of ether oxygens (including phenoxy) is 1. The number of hydrogen-bond acceptors (Lipinski definition) is 4. The number of nitrogens with zero attached hydrogens (tertiary/aromatic N) is 2. The van der Waals surface area contributed by atoms with Gasteiger partial charge in [0.15, 0.2) is 5.75 Å². The number of rotatable bonds is 5. The molecule has 1 amide bonds. The fourth-order valence-electron chi connectivity index (χ4n) is 2.93. The highest BCUT2D eigenvalue weighted by Gasteiger charge is 2.59. The van der Waals surface area contributed by atoms with Crippen LogP contribution < -0.4 is 10.5 Å². The van der Waals surface area contributed by atoms with Gasteiger partial charge in [0.1, 0.15) is 5.82 Å². The normalized spacial score (nSPS) is 23.1. The number of aryl methyl sites for hydroxylation is 2. The SMILES string of the molecule is Cc1ncc(OC[C@@]2(c3ccccc3)CC2C(N)=O)c(C)n1. The average Bonchev–Trinajstić information content (AvgIpc) is 3.24. The molecule has 1 aromatic carbocycles. The van der Waals surface area contributed by atoms with E-state index in [1.807, 2.05) is 44.2 Å². The molecule has 0 radical (unpaired) electrons. The summed E-state index contributed by atoms with van der Waals surface area (Å²) < 4.78 is 5.92. The molecule has 5 heteroatoms. The van der Waals surface area contributed by atoms with Crippen LogP contribution in [0.25, 0.3) is 0 Å². The first kappa shape index (κ1) is 14.5. The Hall–Kier alpha value is -2.43. The molecular weight excluding hydrogens is 278 g/mol. The smallest absolute Gasteiger partial charge is 0.221 e. The van der Waals surface area contributed by atoms with Crippen molar-refractivity contribution in [2.24, 2.45) is 11.7 Å². The van der Waals surface area contributed by atoms with E-state index < -0.39 is 0 Å². The van der Waals surface area contributed by atoms with Gasteiger partial charge in [-0.05, 0) is 25.8 Å². The summed E-state index contributed by atoms with van der Waals surface area (Å²) in [6.45, 7) is 4.13. The first-order valence-corrected chi connectivity index (χ1v) is 7.31. The Morgan fingerprint density at radius 1 is 1.36 bits per heavy atom. The molecule has 1 aromatic heterocycles. The highest BCUT2D eigenvalue weighted by Crippen LogP contribution is 2.54. The lowest BCUT2D eigenvalue weighted by molar-refractivity contribution is -0.119. The van der Waals surface area contributed by atoms with Crippen molar-refractivity contribution in [2.75, 3.05) is 6.61 Å². The molecule has 3 rings (SSSR count). The largest absolute Gasteiger partial charge is 0.489 e. The van der Waals surface area contributed by atoms with Crippen LogP contribution in [0.4, 0.5) is 0 Å². The topological polar surface area (TPSA) is 78.1 Å². The molecule has 0 spiro atoms. The maximum Gasteiger partial charge on any atom is 0.221 e. The Morgan fingerprint density at radius 3 is 2.68 bits per heavy atom. The zero-order valence-electron chi connectivity index (χ0n) is 12.7. The summed E-state index contributed by atoms with van der Waals surface area (Å²) in [5, 5.41) is 0. The molecule has 22 heavy (non-hydrogen) atoms. The number of amides is 1. The Morgan fingerprint density at radius 2 is 2.09 bits per heavy atom. The van der Waals surface area contributed by atoms with Gasteiger partial charge in [0.05, 0.1) is 24.4 Å². The van der Waals surface area contributed by atoms with Crippen LogP contribution in [0.2, 0.25) is 0 Å². The summed E-state index contributed by atoms with van der Waals surface area (Å²) in [4.78, 5) is 20.1. The lowest BCUT2D eigenvalue weighted by Crippen LogP contribution is -2.27. The van der Waals surface area contributed by atoms with Crippen LogP contribution in [0.1, 0.15) is 23.5 Å². The molecule has 0 aliphatic heterocycles. The van der Waals surface area contributed by atoms with Crippen molar-refractivity contribution < 1.29 is 9.53 Å². The van der Waals surface area contributed by atoms with Crippen molar-refractivity contribution in [3.63, 3.8) is 0 Å². The zero-order chi connectivity index (χ0) is 15.7. The van der Waals surface area contributed by atoms with Crippen molar-refractivity contribution in [3.8, 4) is 5.75 Å². The number of hydrogen-bond donors (Lipinski definition) is 1. The molecule has 0 saturated heterocycles. The minimum atomic E-state index is -0.329. The summed E-state index contributed by atoms with van der Waals surface area (Å²) in [5.74, 6) is 0.908. The molecule has 0 bridgehead atoms. The van der Waals surface area contributed by atoms with Gasteiger partial charge in [-0.15, -0.1) is 0 Å². The molecule has 2 atom stereocenters. The molecule has 1 aliphatic rings. The summed E-state index contributed by atoms with van der Waals surface area (Å²) in [6, 6.07) is 9.93. The first-order valence-electron chi connectivity index (χ1n) is 7.31. The van der Waals surface area contributed by atoms with Crippen molar-refractivity contribution >= 4 is 5.91 Å². The van der Waals surface area contributed by atoms with E-state index in [9.17, 15) is 4.79 Å². The minimum absolute atomic E-state index is 0.179. The standard InChI is InChI=1S/C17H19N3O2/c1-11-15(9-19-12(2)20-11)22-10-17(8-14(17)16(18)21)13-6-4-3-5-7-13/h3-7,9,14H,8,10H2,1-2H3,(H2,18,21)/t14?,17-/m1/s1. The molecule has 1 saturated carbocycles. The Balaban J connectivity index is 1.82. The van der Waals surface area contributed by atoms with Crippen LogP contribution in [-0.2, 0) is 10.2 Å². The maximum atomic E-state index is 11.6. The van der Waals surface area contributed by atoms with E-state index in [0.29, 0.717) is 18.2 Å². The Bertz CT molecular complexity index is 702. The molecule has 1 heterocycles. The predicted octanol–water partition coefficient (Wildman–Crippen LogP) is 1.92. The molecule has 1 aliphatic carbocycles. The highest BCUT2D eigenvalue weighted by molar-refractivity contribution is 5.82. The summed E-state index contributed by atoms with van der Waals surface area (Å²) in [6.07, 6.45) is 2.40. The van der Waals surface area contributed by atoms with E-state index in [0.717, 1.165) is 17.7 Å². The fourth-order valence-corrected chi connectivity index (χ4v) is 2.93. The second kappa shape index (κ2) is 5.40. The molecular formula is C17H19N3O2. The third kappa shape index (κ3) is 2.54. The van der Waals surface area contributed by atoms with Gasteiger partial charge in [0.2, 0.25) is 5.91 Å². The van der Waals surface area contributed by atoms with Crippen molar-refractivity contribution in [2.45, 2.75) is 25.7 Å². The van der Waals surface area contributed by atoms with Gasteiger partial charge in [0, 0.05) is 5.41 Å². The third-order valence-corrected chi connectivity index (χ3v) is 4.31. The Kier molecular flexibility index (Phi) is 3.56. The van der Waals surface area contributed by atoms with Gasteiger partial charge < -0.3 is 10.5 Å². The Labute approximate surface area is 129 Å². The second-order valence-electron chi connectivity index (χ2n) is 5.84. The van der Waals surface area contributed by atoms with Crippen LogP contribution in [-0.4, -0.2) is 22.5 Å². The number of carbonyl (C=O) groups excluding carboxylic acids is 1. The second-order valence-corrected chi connectivity index (χ2v) is 5.84. The maximum absolute atomic E-state index is 11.6. The minimum Gasteiger partial charge on any atom is -0.489 e. The van der Waals surface area contributed by atoms with Gasteiger partial charge in [-0.3, -0.25) is 4.79 Å². The number of nitrogens with two attached hydrogens (primary N) is 1. The van der Waals surface area contributed by atoms with E-state index in [4.69, 9.17) is 10.5 Å². The first-order chi connectivity index (χ1) is 10.5. The van der Waals surface area contributed by atoms with Gasteiger partial charge in [-0.2, -0.15) is 0 Å². The van der Waals surface area contributed by atoms with Crippen LogP contribution in [0.3, 0.4) is 0 Å². The van der Waals surface area contributed by atoms with E-state index in [-0.39, 0.29) is 17.2 Å². The average molecular weight is 297 g/mol. The van der Waals surface area contributed by atoms with E-state index in [2.05, 4.69) is 9.97 Å². The molecule has 114 valence electrons. The number of primary amides is 1. The number of aromatic nitrogens is 2. The number of carbonyl (C=O) groups is 1. The zero-order valence-corrected chi connectivity index (χ0v) is 12.7. The van der Waals surface area contributed by atoms with Crippen LogP contribution in [0.5, 0.6) is 5.75 Å². The quantitative estimate of drug-likeness (QED) is 0.914. The van der Waals surface area contributed by atoms with E-state index in [1.165, 1.54) is 0 Å². The van der Waals surface area contributed by atoms with Crippen LogP contribution >= 0.6 is 0 Å². The summed E-state index contributed by atoms with van der Waals surface area (Å²) in [7, 11) is 0. The van der Waals surface area contributed by atoms with E-state index >= 15 is 0 Å². The van der Waals surface area contributed by atoms with Gasteiger partial charge in [-0.25, -0.2) is 9.97 Å². The monoisotopic (exact) mass is 297 g/mol. The fraction of sp³-hybridized carbons (Fsp3) is 0.353. The van der Waals surface area contributed by atoms with Gasteiger partial charge in [-0.1, -0.05) is 30.3 Å². The summed E-state index contributed by atoms with van der Waals surface area (Å²) >= 11 is 0. The van der Waals surface area contributed by atoms with E-state index in [1.54, 1.807) is 6.20 Å². The predicted molar refractivity (Wildman–Crippen MR) is 82.4 cm³/mol. The van der Waals surface area contributed by atoms with Crippen molar-refractivity contribution in [3.05, 3.63) is 53.6 Å².